The van der Waals surface area contributed by atoms with Crippen LogP contribution in [0.3, 0.4) is 0 Å². The number of para-hydroxylation sites is 1. The molecule has 1 saturated heterocycles. The van der Waals surface area contributed by atoms with Gasteiger partial charge in [-0.25, -0.2) is 4.79 Å². The van der Waals surface area contributed by atoms with Gasteiger partial charge >= 0.3 is 6.09 Å². The van der Waals surface area contributed by atoms with Gasteiger partial charge in [-0.15, -0.1) is 0 Å². The van der Waals surface area contributed by atoms with Gasteiger partial charge in [0.15, 0.2) is 0 Å². The van der Waals surface area contributed by atoms with Crippen molar-refractivity contribution in [3.8, 4) is 5.75 Å². The first-order valence-electron chi connectivity index (χ1n) is 5.92. The van der Waals surface area contributed by atoms with Gasteiger partial charge in [0.1, 0.15) is 11.4 Å². The number of β-amino-alcohol motifs (C(OH)–C–C–N with tert-alkyl or cyclic N) is 1. The molecule has 1 aromatic carbocycles. The van der Waals surface area contributed by atoms with Gasteiger partial charge in [0.05, 0.1) is 13.1 Å². The maximum absolute atomic E-state index is 11.7. The van der Waals surface area contributed by atoms with E-state index >= 15 is 0 Å². The number of nitrogens with zero attached hydrogens (tertiary/aromatic N) is 1. The molecule has 90 valence electrons. The Morgan fingerprint density at radius 2 is 1.94 bits per heavy atom. The predicted octanol–water partition coefficient (Wildman–Crippen LogP) is 1.64. The molecule has 1 aromatic rings. The number of amides is 1. The topological polar surface area (TPSA) is 49.8 Å². The SMILES string of the molecule is O=C(Oc1ccccc1)N1CC(O)(C2CC2)C1. The summed E-state index contributed by atoms with van der Waals surface area (Å²) >= 11 is 0. The molecule has 1 N–H and O–H groups in total. The second-order valence-corrected chi connectivity index (χ2v) is 4.91. The summed E-state index contributed by atoms with van der Waals surface area (Å²) in [6.07, 6.45) is 1.79. The summed E-state index contributed by atoms with van der Waals surface area (Å²) in [5.41, 5.74) is -0.643. The third-order valence-corrected chi connectivity index (χ3v) is 3.47. The molecule has 4 heteroatoms. The molecule has 1 aliphatic heterocycles. The van der Waals surface area contributed by atoms with Crippen molar-refractivity contribution >= 4 is 6.09 Å². The van der Waals surface area contributed by atoms with Crippen LogP contribution in [-0.4, -0.2) is 34.8 Å². The summed E-state index contributed by atoms with van der Waals surface area (Å²) in [4.78, 5) is 13.3. The minimum absolute atomic E-state index is 0.374. The molecule has 0 bridgehead atoms. The Morgan fingerprint density at radius 3 is 2.53 bits per heavy atom. The lowest BCUT2D eigenvalue weighted by Gasteiger charge is -2.45. The fraction of sp³-hybridized carbons (Fsp3) is 0.462. The third-order valence-electron chi connectivity index (χ3n) is 3.47. The first kappa shape index (κ1) is 10.6. The van der Waals surface area contributed by atoms with Crippen LogP contribution in [0, 0.1) is 5.92 Å². The van der Waals surface area contributed by atoms with Crippen LogP contribution in [0.1, 0.15) is 12.8 Å². The number of hydrogen-bond acceptors (Lipinski definition) is 3. The van der Waals surface area contributed by atoms with Crippen LogP contribution in [-0.2, 0) is 0 Å². The second kappa shape index (κ2) is 3.74. The van der Waals surface area contributed by atoms with E-state index in [0.29, 0.717) is 24.8 Å². The van der Waals surface area contributed by atoms with Gasteiger partial charge in [-0.2, -0.15) is 0 Å². The summed E-state index contributed by atoms with van der Waals surface area (Å²) < 4.78 is 5.19. The number of carbonyl (C=O) groups excluding carboxylic acids is 1. The van der Waals surface area contributed by atoms with E-state index in [1.807, 2.05) is 18.2 Å². The smallest absolute Gasteiger partial charge is 0.410 e. The highest BCUT2D eigenvalue weighted by Crippen LogP contribution is 2.44. The van der Waals surface area contributed by atoms with Crippen LogP contribution in [0.25, 0.3) is 0 Å². The van der Waals surface area contributed by atoms with E-state index in [1.54, 1.807) is 17.0 Å². The zero-order chi connectivity index (χ0) is 11.9. The fourth-order valence-electron chi connectivity index (χ4n) is 2.28. The minimum Gasteiger partial charge on any atom is -0.410 e. The molecule has 0 spiro atoms. The number of rotatable bonds is 2. The summed E-state index contributed by atoms with van der Waals surface area (Å²) in [6, 6.07) is 8.99. The molecule has 0 aromatic heterocycles. The monoisotopic (exact) mass is 233 g/mol. The number of likely N-dealkylation sites (tertiary alicyclic amines) is 1. The maximum atomic E-state index is 11.7. The van der Waals surface area contributed by atoms with Crippen molar-refractivity contribution in [2.45, 2.75) is 18.4 Å². The summed E-state index contributed by atoms with van der Waals surface area (Å²) in [6.45, 7) is 0.812. The number of aliphatic hydroxyl groups is 1. The standard InChI is InChI=1S/C13H15NO3/c15-12(17-11-4-2-1-3-5-11)14-8-13(16,9-14)10-6-7-10/h1-5,10,16H,6-9H2. The molecule has 0 radical (unpaired) electrons. The molecule has 0 unspecified atom stereocenters. The van der Waals surface area contributed by atoms with E-state index in [0.717, 1.165) is 12.8 Å². The van der Waals surface area contributed by atoms with Crippen molar-refractivity contribution in [1.29, 1.82) is 0 Å². The Balaban J connectivity index is 1.55. The molecule has 4 nitrogen and oxygen atoms in total. The van der Waals surface area contributed by atoms with E-state index in [4.69, 9.17) is 4.74 Å². The Hall–Kier alpha value is -1.55. The average molecular weight is 233 g/mol. The Labute approximate surface area is 99.8 Å². The number of benzene rings is 1. The van der Waals surface area contributed by atoms with E-state index < -0.39 is 5.60 Å². The average Bonchev–Trinajstić information content (AvgIpc) is 3.10. The van der Waals surface area contributed by atoms with Crippen molar-refractivity contribution in [2.75, 3.05) is 13.1 Å². The Morgan fingerprint density at radius 1 is 1.29 bits per heavy atom. The molecular formula is C13H15NO3. The molecule has 1 amide bonds. The van der Waals surface area contributed by atoms with Crippen molar-refractivity contribution in [2.24, 2.45) is 5.92 Å². The first-order valence-corrected chi connectivity index (χ1v) is 5.92. The molecular weight excluding hydrogens is 218 g/mol. The number of ether oxygens (including phenoxy) is 1. The van der Waals surface area contributed by atoms with E-state index in [-0.39, 0.29) is 6.09 Å². The molecule has 17 heavy (non-hydrogen) atoms. The van der Waals surface area contributed by atoms with Crippen molar-refractivity contribution in [1.82, 2.24) is 4.90 Å². The molecule has 2 fully saturated rings. The molecule has 3 rings (SSSR count). The van der Waals surface area contributed by atoms with Gasteiger partial charge in [-0.05, 0) is 30.9 Å². The molecule has 0 atom stereocenters. The zero-order valence-electron chi connectivity index (χ0n) is 9.50. The second-order valence-electron chi connectivity index (χ2n) is 4.91. The minimum atomic E-state index is -0.643. The lowest BCUT2D eigenvalue weighted by Crippen LogP contribution is -2.65. The zero-order valence-corrected chi connectivity index (χ0v) is 9.50. The van der Waals surface area contributed by atoms with Crippen LogP contribution < -0.4 is 4.74 Å². The predicted molar refractivity (Wildman–Crippen MR) is 61.7 cm³/mol. The summed E-state index contributed by atoms with van der Waals surface area (Å²) in [5, 5.41) is 10.1. The van der Waals surface area contributed by atoms with Crippen LogP contribution in [0.5, 0.6) is 5.75 Å². The molecule has 1 heterocycles. The van der Waals surface area contributed by atoms with E-state index in [2.05, 4.69) is 0 Å². The molecule has 2 aliphatic rings. The van der Waals surface area contributed by atoms with Crippen LogP contribution in [0.2, 0.25) is 0 Å². The number of hydrogen-bond donors (Lipinski definition) is 1. The van der Waals surface area contributed by atoms with E-state index in [1.165, 1.54) is 0 Å². The van der Waals surface area contributed by atoms with Crippen molar-refractivity contribution in [3.63, 3.8) is 0 Å². The maximum Gasteiger partial charge on any atom is 0.415 e. The van der Waals surface area contributed by atoms with Crippen LogP contribution in [0.4, 0.5) is 4.79 Å². The summed E-state index contributed by atoms with van der Waals surface area (Å²) in [5.74, 6) is 0.933. The third kappa shape index (κ3) is 2.00. The van der Waals surface area contributed by atoms with Gasteiger partial charge in [-0.1, -0.05) is 18.2 Å². The van der Waals surface area contributed by atoms with Gasteiger partial charge in [0.2, 0.25) is 0 Å². The van der Waals surface area contributed by atoms with Crippen molar-refractivity contribution < 1.29 is 14.6 Å². The highest BCUT2D eigenvalue weighted by Gasteiger charge is 2.53. The number of carbonyl (C=O) groups is 1. The van der Waals surface area contributed by atoms with E-state index in [9.17, 15) is 9.90 Å². The fourth-order valence-corrected chi connectivity index (χ4v) is 2.28. The normalized spacial score (nSPS) is 21.8. The Bertz CT molecular complexity index is 422. The van der Waals surface area contributed by atoms with Gasteiger partial charge in [0.25, 0.3) is 0 Å². The van der Waals surface area contributed by atoms with Crippen LogP contribution in [0.15, 0.2) is 30.3 Å². The largest absolute Gasteiger partial charge is 0.415 e. The quantitative estimate of drug-likeness (QED) is 0.844. The Kier molecular flexibility index (Phi) is 2.33. The van der Waals surface area contributed by atoms with Crippen LogP contribution >= 0.6 is 0 Å². The first-order chi connectivity index (χ1) is 8.17. The van der Waals surface area contributed by atoms with Gasteiger partial charge in [0, 0.05) is 0 Å². The molecule has 1 saturated carbocycles. The highest BCUT2D eigenvalue weighted by atomic mass is 16.6. The lowest BCUT2D eigenvalue weighted by atomic mass is 9.89. The van der Waals surface area contributed by atoms with Gasteiger partial charge < -0.3 is 14.7 Å². The highest BCUT2D eigenvalue weighted by molar-refractivity contribution is 5.72. The van der Waals surface area contributed by atoms with Crippen molar-refractivity contribution in [3.05, 3.63) is 30.3 Å². The van der Waals surface area contributed by atoms with Gasteiger partial charge in [-0.3, -0.25) is 0 Å². The summed E-state index contributed by atoms with van der Waals surface area (Å²) in [7, 11) is 0. The molecule has 1 aliphatic carbocycles. The lowest BCUT2D eigenvalue weighted by molar-refractivity contribution is -0.0979.